The Morgan fingerprint density at radius 1 is 1.54 bits per heavy atom. The van der Waals surface area contributed by atoms with E-state index in [9.17, 15) is 4.39 Å². The lowest BCUT2D eigenvalue weighted by atomic mass is 10.2. The monoisotopic (exact) mass is 181 g/mol. The highest BCUT2D eigenvalue weighted by atomic mass is 19.1. The zero-order valence-corrected chi connectivity index (χ0v) is 6.83. The molecule has 0 aromatic heterocycles. The number of halogens is 1. The number of ether oxygens (including phenoxy) is 1. The zero-order chi connectivity index (χ0) is 9.68. The Morgan fingerprint density at radius 3 is 2.85 bits per heavy atom. The van der Waals surface area contributed by atoms with Gasteiger partial charge in [0.05, 0.1) is 6.61 Å². The van der Waals surface area contributed by atoms with E-state index in [0.717, 1.165) is 0 Å². The summed E-state index contributed by atoms with van der Waals surface area (Å²) in [5.74, 6) is -0.541. The van der Waals surface area contributed by atoms with Crippen molar-refractivity contribution in [2.75, 3.05) is 6.61 Å². The maximum atomic E-state index is 13.0. The Morgan fingerprint density at radius 2 is 2.31 bits per heavy atom. The molecule has 0 spiro atoms. The van der Waals surface area contributed by atoms with E-state index >= 15 is 0 Å². The van der Waals surface area contributed by atoms with Crippen LogP contribution in [0.25, 0.3) is 0 Å². The molecule has 0 heterocycles. The van der Waals surface area contributed by atoms with E-state index in [-0.39, 0.29) is 19.0 Å². The molecule has 0 aliphatic heterocycles. The van der Waals surface area contributed by atoms with Gasteiger partial charge in [0.25, 0.3) is 0 Å². The summed E-state index contributed by atoms with van der Waals surface area (Å²) in [6.45, 7) is -0.398. The fourth-order valence-electron chi connectivity index (χ4n) is 0.870. The first-order valence-electron chi connectivity index (χ1n) is 3.67. The van der Waals surface area contributed by atoms with Crippen molar-refractivity contribution >= 4 is 0 Å². The van der Waals surface area contributed by atoms with Crippen LogP contribution in [0.1, 0.15) is 5.56 Å². The molecule has 0 saturated heterocycles. The van der Waals surface area contributed by atoms with Gasteiger partial charge < -0.3 is 9.84 Å². The van der Waals surface area contributed by atoms with Crippen molar-refractivity contribution in [2.24, 2.45) is 0 Å². The summed E-state index contributed by atoms with van der Waals surface area (Å²) in [6.07, 6.45) is 0. The average molecular weight is 181 g/mol. The number of rotatable bonds is 3. The molecule has 0 bridgehead atoms. The highest BCUT2D eigenvalue weighted by Crippen LogP contribution is 2.17. The molecule has 0 atom stereocenters. The summed E-state index contributed by atoms with van der Waals surface area (Å²) in [5, 5.41) is 16.9. The summed E-state index contributed by atoms with van der Waals surface area (Å²) in [5.41, 5.74) is 0.474. The molecule has 0 fully saturated rings. The van der Waals surface area contributed by atoms with Gasteiger partial charge in [-0.1, -0.05) is 6.07 Å². The summed E-state index contributed by atoms with van der Waals surface area (Å²) >= 11 is 0. The zero-order valence-electron chi connectivity index (χ0n) is 6.83. The first-order chi connectivity index (χ1) is 6.27. The SMILES string of the molecule is N#CCOc1ccc(CO)cc1F. The molecule has 68 valence electrons. The van der Waals surface area contributed by atoms with Crippen molar-refractivity contribution in [1.29, 1.82) is 5.26 Å². The van der Waals surface area contributed by atoms with Crippen LogP contribution in [0.2, 0.25) is 0 Å². The van der Waals surface area contributed by atoms with E-state index in [1.165, 1.54) is 18.2 Å². The fraction of sp³-hybridized carbons (Fsp3) is 0.222. The Bertz CT molecular complexity index is 333. The molecular formula is C9H8FNO2. The molecular weight excluding hydrogens is 173 g/mol. The van der Waals surface area contributed by atoms with Crippen molar-refractivity contribution in [2.45, 2.75) is 6.61 Å². The van der Waals surface area contributed by atoms with E-state index in [1.807, 2.05) is 0 Å². The number of hydrogen-bond donors (Lipinski definition) is 1. The maximum absolute atomic E-state index is 13.0. The topological polar surface area (TPSA) is 53.2 Å². The number of hydrogen-bond acceptors (Lipinski definition) is 3. The van der Waals surface area contributed by atoms with Gasteiger partial charge in [-0.25, -0.2) is 4.39 Å². The highest BCUT2D eigenvalue weighted by Gasteiger charge is 2.03. The van der Waals surface area contributed by atoms with Gasteiger partial charge in [-0.05, 0) is 17.7 Å². The van der Waals surface area contributed by atoms with Gasteiger partial charge in [-0.3, -0.25) is 0 Å². The maximum Gasteiger partial charge on any atom is 0.174 e. The first-order valence-corrected chi connectivity index (χ1v) is 3.67. The summed E-state index contributed by atoms with van der Waals surface area (Å²) in [4.78, 5) is 0. The lowest BCUT2D eigenvalue weighted by molar-refractivity contribution is 0.280. The quantitative estimate of drug-likeness (QED) is 0.762. The van der Waals surface area contributed by atoms with Gasteiger partial charge in [0.1, 0.15) is 6.07 Å². The largest absolute Gasteiger partial charge is 0.476 e. The van der Waals surface area contributed by atoms with Gasteiger partial charge in [0.2, 0.25) is 0 Å². The first kappa shape index (κ1) is 9.49. The van der Waals surface area contributed by atoms with Crippen LogP contribution >= 0.6 is 0 Å². The third-order valence-corrected chi connectivity index (χ3v) is 1.47. The third kappa shape index (κ3) is 2.42. The molecule has 0 amide bonds. The molecule has 1 aromatic carbocycles. The second-order valence-corrected chi connectivity index (χ2v) is 2.37. The van der Waals surface area contributed by atoms with Crippen molar-refractivity contribution < 1.29 is 14.2 Å². The molecule has 13 heavy (non-hydrogen) atoms. The molecule has 0 unspecified atom stereocenters. The van der Waals surface area contributed by atoms with E-state index in [4.69, 9.17) is 15.1 Å². The number of aliphatic hydroxyl groups excluding tert-OH is 1. The van der Waals surface area contributed by atoms with Gasteiger partial charge in [0.15, 0.2) is 18.2 Å². The standard InChI is InChI=1S/C9H8FNO2/c10-8-5-7(6-12)1-2-9(8)13-4-3-11/h1-2,5,12H,4,6H2. The molecule has 3 nitrogen and oxygen atoms in total. The molecule has 0 aliphatic carbocycles. The van der Waals surface area contributed by atoms with Crippen LogP contribution < -0.4 is 4.74 Å². The smallest absolute Gasteiger partial charge is 0.174 e. The van der Waals surface area contributed by atoms with Crippen LogP contribution in [0.5, 0.6) is 5.75 Å². The second-order valence-electron chi connectivity index (χ2n) is 2.37. The molecule has 0 aliphatic rings. The van der Waals surface area contributed by atoms with E-state index in [0.29, 0.717) is 5.56 Å². The average Bonchev–Trinajstić information content (AvgIpc) is 2.16. The normalized spacial score (nSPS) is 9.31. The minimum Gasteiger partial charge on any atom is -0.476 e. The van der Waals surface area contributed by atoms with Crippen LogP contribution in [0.4, 0.5) is 4.39 Å². The number of benzene rings is 1. The van der Waals surface area contributed by atoms with Crippen molar-refractivity contribution in [1.82, 2.24) is 0 Å². The number of nitriles is 1. The molecule has 4 heteroatoms. The van der Waals surface area contributed by atoms with Crippen LogP contribution in [0.15, 0.2) is 18.2 Å². The second kappa shape index (κ2) is 4.43. The Hall–Kier alpha value is -1.60. The molecule has 1 aromatic rings. The lowest BCUT2D eigenvalue weighted by Gasteiger charge is -2.03. The van der Waals surface area contributed by atoms with Gasteiger partial charge in [-0.15, -0.1) is 0 Å². The van der Waals surface area contributed by atoms with Crippen LogP contribution in [0.3, 0.4) is 0 Å². The molecule has 1 N–H and O–H groups in total. The van der Waals surface area contributed by atoms with Crippen LogP contribution in [-0.2, 0) is 6.61 Å². The highest BCUT2D eigenvalue weighted by molar-refractivity contribution is 5.29. The van der Waals surface area contributed by atoms with Crippen LogP contribution in [-0.4, -0.2) is 11.7 Å². The predicted molar refractivity (Wildman–Crippen MR) is 43.4 cm³/mol. The molecule has 1 rings (SSSR count). The minimum absolute atomic E-state index is 0.0266. The summed E-state index contributed by atoms with van der Waals surface area (Å²) in [6, 6.07) is 5.83. The van der Waals surface area contributed by atoms with E-state index < -0.39 is 5.82 Å². The van der Waals surface area contributed by atoms with E-state index in [2.05, 4.69) is 0 Å². The lowest BCUT2D eigenvalue weighted by Crippen LogP contribution is -1.97. The van der Waals surface area contributed by atoms with Gasteiger partial charge >= 0.3 is 0 Å². The van der Waals surface area contributed by atoms with Crippen LogP contribution in [0, 0.1) is 17.1 Å². The van der Waals surface area contributed by atoms with Crippen molar-refractivity contribution in [3.8, 4) is 11.8 Å². The summed E-state index contributed by atoms with van der Waals surface area (Å²) in [7, 11) is 0. The van der Waals surface area contributed by atoms with Crippen molar-refractivity contribution in [3.05, 3.63) is 29.6 Å². The molecule has 0 saturated carbocycles. The Kier molecular flexibility index (Phi) is 3.23. The predicted octanol–water partition coefficient (Wildman–Crippen LogP) is 1.22. The Labute approximate surface area is 75.0 Å². The third-order valence-electron chi connectivity index (χ3n) is 1.47. The van der Waals surface area contributed by atoms with E-state index in [1.54, 1.807) is 6.07 Å². The summed E-state index contributed by atoms with van der Waals surface area (Å²) < 4.78 is 17.8. The fourth-order valence-corrected chi connectivity index (χ4v) is 0.870. The number of aliphatic hydroxyl groups is 1. The van der Waals surface area contributed by atoms with Crippen molar-refractivity contribution in [3.63, 3.8) is 0 Å². The number of nitrogens with zero attached hydrogens (tertiary/aromatic N) is 1. The minimum atomic E-state index is -0.568. The Balaban J connectivity index is 2.80. The van der Waals surface area contributed by atoms with Gasteiger partial charge in [0, 0.05) is 0 Å². The van der Waals surface area contributed by atoms with Gasteiger partial charge in [-0.2, -0.15) is 5.26 Å². The molecule has 0 radical (unpaired) electrons.